The van der Waals surface area contributed by atoms with Crippen molar-refractivity contribution in [2.45, 2.75) is 19.8 Å². The summed E-state index contributed by atoms with van der Waals surface area (Å²) < 4.78 is 0.411. The van der Waals surface area contributed by atoms with Gasteiger partial charge in [-0.2, -0.15) is 0 Å². The number of H-pyrrole nitrogens is 1. The molecule has 8 nitrogen and oxygen atoms in total. The van der Waals surface area contributed by atoms with Crippen LogP contribution >= 0.6 is 15.9 Å². The van der Waals surface area contributed by atoms with Crippen molar-refractivity contribution in [1.29, 1.82) is 0 Å². The lowest BCUT2D eigenvalue weighted by atomic mass is 10.3. The monoisotopic (exact) mass is 353 g/mol. The van der Waals surface area contributed by atoms with Crippen molar-refractivity contribution in [3.05, 3.63) is 44.4 Å². The van der Waals surface area contributed by atoms with Crippen molar-refractivity contribution in [3.8, 4) is 0 Å². The quantitative estimate of drug-likeness (QED) is 0.633. The number of non-ortho nitro benzene ring substituents is 1. The van der Waals surface area contributed by atoms with Crippen LogP contribution in [0.15, 0.2) is 22.7 Å². The molecule has 1 aromatic heterocycles. The summed E-state index contributed by atoms with van der Waals surface area (Å²) in [6.07, 6.45) is 1.60. The van der Waals surface area contributed by atoms with Crippen molar-refractivity contribution >= 4 is 33.2 Å². The summed E-state index contributed by atoms with van der Waals surface area (Å²) in [4.78, 5) is 26.2. The van der Waals surface area contributed by atoms with Gasteiger partial charge in [-0.15, -0.1) is 5.10 Å². The Balaban J connectivity index is 2.13. The standard InChI is InChI=1S/C12H12BrN5O3/c1-2-3-10-15-11(17-16-10)12(19)14-9-5-4-7(18(20)21)6-8(9)13/h4-6H,2-3H2,1H3,(H,14,19)(H,15,16,17). The molecule has 1 heterocycles. The maximum Gasteiger partial charge on any atom is 0.295 e. The molecule has 0 aliphatic carbocycles. The van der Waals surface area contributed by atoms with Gasteiger partial charge in [0.15, 0.2) is 0 Å². The summed E-state index contributed by atoms with van der Waals surface area (Å²) in [5, 5.41) is 19.8. The molecule has 0 unspecified atom stereocenters. The Kier molecular flexibility index (Phi) is 4.63. The number of nitro groups is 1. The highest BCUT2D eigenvalue weighted by molar-refractivity contribution is 9.10. The van der Waals surface area contributed by atoms with Gasteiger partial charge in [0.25, 0.3) is 11.6 Å². The van der Waals surface area contributed by atoms with Crippen molar-refractivity contribution in [2.24, 2.45) is 0 Å². The zero-order valence-corrected chi connectivity index (χ0v) is 12.7. The molecule has 21 heavy (non-hydrogen) atoms. The number of nitrogens with zero attached hydrogens (tertiary/aromatic N) is 3. The predicted octanol–water partition coefficient (Wildman–Crippen LogP) is 2.68. The van der Waals surface area contributed by atoms with Gasteiger partial charge in [-0.3, -0.25) is 20.0 Å². The predicted molar refractivity (Wildman–Crippen MR) is 79.1 cm³/mol. The maximum absolute atomic E-state index is 12.0. The number of nitro benzene ring substituents is 1. The van der Waals surface area contributed by atoms with Crippen LogP contribution in [0.5, 0.6) is 0 Å². The van der Waals surface area contributed by atoms with Gasteiger partial charge in [0.05, 0.1) is 10.6 Å². The second-order valence-corrected chi connectivity index (χ2v) is 5.09. The number of halogens is 1. The van der Waals surface area contributed by atoms with Crippen molar-refractivity contribution in [1.82, 2.24) is 15.2 Å². The SMILES string of the molecule is CCCc1nc(C(=O)Nc2ccc([N+](=O)[O-])cc2Br)n[nH]1. The molecule has 0 radical (unpaired) electrons. The fraction of sp³-hybridized carbons (Fsp3) is 0.250. The first kappa shape index (κ1) is 15.1. The van der Waals surface area contributed by atoms with Crippen molar-refractivity contribution in [3.63, 3.8) is 0 Å². The number of amides is 1. The molecule has 0 aliphatic rings. The highest BCUT2D eigenvalue weighted by Gasteiger charge is 2.15. The van der Waals surface area contributed by atoms with E-state index in [1.807, 2.05) is 6.92 Å². The van der Waals surface area contributed by atoms with Crippen LogP contribution in [-0.2, 0) is 6.42 Å². The van der Waals surface area contributed by atoms with Gasteiger partial charge in [0, 0.05) is 23.0 Å². The summed E-state index contributed by atoms with van der Waals surface area (Å²) in [6.45, 7) is 2.00. The Hall–Kier alpha value is -2.29. The van der Waals surface area contributed by atoms with E-state index in [2.05, 4.69) is 36.4 Å². The average Bonchev–Trinajstić information content (AvgIpc) is 2.90. The number of aryl methyl sites for hydroxylation is 1. The first-order valence-corrected chi connectivity index (χ1v) is 6.97. The molecule has 0 saturated carbocycles. The van der Waals surface area contributed by atoms with Gasteiger partial charge in [-0.05, 0) is 28.4 Å². The number of carbonyl (C=O) groups excluding carboxylic acids is 1. The molecule has 2 rings (SSSR count). The Morgan fingerprint density at radius 1 is 1.52 bits per heavy atom. The van der Waals surface area contributed by atoms with Crippen LogP contribution in [0.4, 0.5) is 11.4 Å². The summed E-state index contributed by atoms with van der Waals surface area (Å²) in [5.41, 5.74) is 0.343. The van der Waals surface area contributed by atoms with E-state index in [1.165, 1.54) is 18.2 Å². The zero-order valence-electron chi connectivity index (χ0n) is 11.1. The number of nitrogens with one attached hydrogen (secondary N) is 2. The molecular formula is C12H12BrN5O3. The molecule has 0 spiro atoms. The Morgan fingerprint density at radius 2 is 2.29 bits per heavy atom. The molecule has 0 atom stereocenters. The topological polar surface area (TPSA) is 114 Å². The Morgan fingerprint density at radius 3 is 2.90 bits per heavy atom. The lowest BCUT2D eigenvalue weighted by Crippen LogP contribution is -2.14. The van der Waals surface area contributed by atoms with E-state index < -0.39 is 10.8 Å². The van der Waals surface area contributed by atoms with Crippen LogP contribution in [-0.4, -0.2) is 26.0 Å². The third-order valence-electron chi connectivity index (χ3n) is 2.63. The highest BCUT2D eigenvalue weighted by atomic mass is 79.9. The normalized spacial score (nSPS) is 10.4. The zero-order chi connectivity index (χ0) is 15.4. The van der Waals surface area contributed by atoms with Gasteiger partial charge in [0.2, 0.25) is 5.82 Å². The van der Waals surface area contributed by atoms with Crippen LogP contribution in [0.3, 0.4) is 0 Å². The average molecular weight is 354 g/mol. The minimum absolute atomic E-state index is 0.0312. The minimum Gasteiger partial charge on any atom is -0.318 e. The number of benzene rings is 1. The number of hydrogen-bond acceptors (Lipinski definition) is 5. The Labute approximate surface area is 128 Å². The number of rotatable bonds is 5. The van der Waals surface area contributed by atoms with Gasteiger partial charge >= 0.3 is 0 Å². The Bertz CT molecular complexity index is 685. The number of hydrogen-bond donors (Lipinski definition) is 2. The third kappa shape index (κ3) is 3.63. The first-order valence-electron chi connectivity index (χ1n) is 6.17. The second-order valence-electron chi connectivity index (χ2n) is 4.23. The summed E-state index contributed by atoms with van der Waals surface area (Å²) in [7, 11) is 0. The van der Waals surface area contributed by atoms with Crippen LogP contribution < -0.4 is 5.32 Å². The second kappa shape index (κ2) is 6.44. The van der Waals surface area contributed by atoms with Crippen LogP contribution in [0.1, 0.15) is 29.8 Å². The van der Waals surface area contributed by atoms with E-state index in [1.54, 1.807) is 0 Å². The molecule has 110 valence electrons. The molecular weight excluding hydrogens is 342 g/mol. The van der Waals surface area contributed by atoms with Crippen LogP contribution in [0, 0.1) is 10.1 Å². The molecule has 9 heteroatoms. The lowest BCUT2D eigenvalue weighted by molar-refractivity contribution is -0.384. The fourth-order valence-corrected chi connectivity index (χ4v) is 2.11. The van der Waals surface area contributed by atoms with Gasteiger partial charge in [0.1, 0.15) is 5.82 Å². The van der Waals surface area contributed by atoms with Crippen molar-refractivity contribution < 1.29 is 9.72 Å². The third-order valence-corrected chi connectivity index (χ3v) is 3.29. The first-order chi connectivity index (χ1) is 10.0. The van der Waals surface area contributed by atoms with E-state index >= 15 is 0 Å². The highest BCUT2D eigenvalue weighted by Crippen LogP contribution is 2.27. The van der Waals surface area contributed by atoms with Crippen LogP contribution in [0.25, 0.3) is 0 Å². The van der Waals surface area contributed by atoms with E-state index in [0.29, 0.717) is 22.4 Å². The number of aromatic amines is 1. The molecule has 0 fully saturated rings. The molecule has 1 aromatic carbocycles. The van der Waals surface area contributed by atoms with E-state index in [0.717, 1.165) is 6.42 Å². The van der Waals surface area contributed by atoms with Gasteiger partial charge in [-0.1, -0.05) is 6.92 Å². The van der Waals surface area contributed by atoms with Gasteiger partial charge < -0.3 is 5.32 Å². The molecule has 0 aliphatic heterocycles. The van der Waals surface area contributed by atoms with E-state index in [9.17, 15) is 14.9 Å². The maximum atomic E-state index is 12.0. The van der Waals surface area contributed by atoms with E-state index in [-0.39, 0.29) is 11.5 Å². The molecule has 0 bridgehead atoms. The molecule has 0 saturated heterocycles. The summed E-state index contributed by atoms with van der Waals surface area (Å²) >= 11 is 3.18. The largest absolute Gasteiger partial charge is 0.318 e. The lowest BCUT2D eigenvalue weighted by Gasteiger charge is -2.04. The van der Waals surface area contributed by atoms with Gasteiger partial charge in [-0.25, -0.2) is 4.98 Å². The number of aromatic nitrogens is 3. The molecule has 1 amide bonds. The van der Waals surface area contributed by atoms with E-state index in [4.69, 9.17) is 0 Å². The summed E-state index contributed by atoms with van der Waals surface area (Å²) in [6, 6.07) is 4.07. The van der Waals surface area contributed by atoms with Crippen LogP contribution in [0.2, 0.25) is 0 Å². The minimum atomic E-state index is -0.511. The summed E-state index contributed by atoms with van der Waals surface area (Å²) in [5.74, 6) is 0.192. The fourth-order valence-electron chi connectivity index (χ4n) is 1.64. The van der Waals surface area contributed by atoms with Crippen molar-refractivity contribution in [2.75, 3.05) is 5.32 Å². The molecule has 2 aromatic rings. The number of carbonyl (C=O) groups is 1. The number of anilines is 1. The smallest absolute Gasteiger partial charge is 0.295 e. The molecule has 2 N–H and O–H groups in total.